The van der Waals surface area contributed by atoms with Crippen molar-refractivity contribution in [3.8, 4) is 0 Å². The van der Waals surface area contributed by atoms with E-state index in [9.17, 15) is 13.6 Å². The molecule has 1 heterocycles. The summed E-state index contributed by atoms with van der Waals surface area (Å²) >= 11 is 0. The molecule has 2 rings (SSSR count). The second kappa shape index (κ2) is 6.15. The van der Waals surface area contributed by atoms with Crippen LogP contribution in [0.4, 0.5) is 8.78 Å². The SMILES string of the molecule is O=C(CNCc1cccnc1)c1ccc(F)c(F)c1. The summed E-state index contributed by atoms with van der Waals surface area (Å²) in [4.78, 5) is 15.7. The van der Waals surface area contributed by atoms with Gasteiger partial charge in [0.05, 0.1) is 6.54 Å². The molecule has 0 bridgehead atoms. The summed E-state index contributed by atoms with van der Waals surface area (Å²) in [6.07, 6.45) is 3.35. The van der Waals surface area contributed by atoms with Crippen molar-refractivity contribution in [2.24, 2.45) is 0 Å². The Morgan fingerprint density at radius 1 is 1.21 bits per heavy atom. The van der Waals surface area contributed by atoms with E-state index >= 15 is 0 Å². The average Bonchev–Trinajstić information content (AvgIpc) is 2.43. The van der Waals surface area contributed by atoms with Crippen LogP contribution >= 0.6 is 0 Å². The van der Waals surface area contributed by atoms with Crippen molar-refractivity contribution in [3.05, 3.63) is 65.5 Å². The smallest absolute Gasteiger partial charge is 0.176 e. The molecule has 0 aliphatic rings. The van der Waals surface area contributed by atoms with E-state index < -0.39 is 11.6 Å². The molecule has 0 aliphatic heterocycles. The maximum Gasteiger partial charge on any atom is 0.176 e. The molecular formula is C14H12F2N2O. The van der Waals surface area contributed by atoms with Crippen LogP contribution in [-0.4, -0.2) is 17.3 Å². The Morgan fingerprint density at radius 2 is 2.05 bits per heavy atom. The van der Waals surface area contributed by atoms with Gasteiger partial charge in [-0.3, -0.25) is 9.78 Å². The Bertz CT molecular complexity index is 573. The van der Waals surface area contributed by atoms with Gasteiger partial charge in [0.25, 0.3) is 0 Å². The minimum absolute atomic E-state index is 0.0555. The third-order valence-electron chi connectivity index (χ3n) is 2.58. The molecule has 98 valence electrons. The van der Waals surface area contributed by atoms with Gasteiger partial charge in [0.2, 0.25) is 0 Å². The zero-order chi connectivity index (χ0) is 13.7. The van der Waals surface area contributed by atoms with Crippen LogP contribution in [0, 0.1) is 11.6 Å². The van der Waals surface area contributed by atoms with Crippen molar-refractivity contribution < 1.29 is 13.6 Å². The predicted molar refractivity (Wildman–Crippen MR) is 66.6 cm³/mol. The fourth-order valence-corrected chi connectivity index (χ4v) is 1.59. The molecule has 0 radical (unpaired) electrons. The Hall–Kier alpha value is -2.14. The van der Waals surface area contributed by atoms with Crippen LogP contribution in [0.5, 0.6) is 0 Å². The van der Waals surface area contributed by atoms with Crippen LogP contribution in [0.15, 0.2) is 42.7 Å². The number of nitrogens with one attached hydrogen (secondary N) is 1. The van der Waals surface area contributed by atoms with Gasteiger partial charge in [-0.25, -0.2) is 8.78 Å². The summed E-state index contributed by atoms with van der Waals surface area (Å²) in [6, 6.07) is 6.80. The molecule has 19 heavy (non-hydrogen) atoms. The number of pyridine rings is 1. The summed E-state index contributed by atoms with van der Waals surface area (Å²) in [5.41, 5.74) is 1.10. The number of halogens is 2. The number of hydrogen-bond acceptors (Lipinski definition) is 3. The molecule has 5 heteroatoms. The molecule has 0 spiro atoms. The number of ketones is 1. The van der Waals surface area contributed by atoms with Crippen LogP contribution in [0.2, 0.25) is 0 Å². The van der Waals surface area contributed by atoms with E-state index in [0.29, 0.717) is 6.54 Å². The zero-order valence-corrected chi connectivity index (χ0v) is 10.1. The number of nitrogens with zero attached hydrogens (tertiary/aromatic N) is 1. The van der Waals surface area contributed by atoms with E-state index in [-0.39, 0.29) is 17.9 Å². The minimum Gasteiger partial charge on any atom is -0.306 e. The lowest BCUT2D eigenvalue weighted by atomic mass is 10.1. The molecule has 1 aromatic carbocycles. The standard InChI is InChI=1S/C14H12F2N2O/c15-12-4-3-11(6-13(12)16)14(19)9-18-8-10-2-1-5-17-7-10/h1-7,18H,8-9H2. The van der Waals surface area contributed by atoms with E-state index in [0.717, 1.165) is 17.7 Å². The summed E-state index contributed by atoms with van der Waals surface area (Å²) in [5.74, 6) is -2.26. The van der Waals surface area contributed by atoms with Crippen molar-refractivity contribution in [2.75, 3.05) is 6.54 Å². The molecular weight excluding hydrogens is 250 g/mol. The summed E-state index contributed by atoms with van der Waals surface area (Å²) in [7, 11) is 0. The van der Waals surface area contributed by atoms with Crippen LogP contribution < -0.4 is 5.32 Å². The zero-order valence-electron chi connectivity index (χ0n) is 10.1. The summed E-state index contributed by atoms with van der Waals surface area (Å²) in [6.45, 7) is 0.545. The molecule has 0 saturated carbocycles. The van der Waals surface area contributed by atoms with E-state index in [1.807, 2.05) is 6.07 Å². The van der Waals surface area contributed by atoms with Gasteiger partial charge in [-0.05, 0) is 29.8 Å². The van der Waals surface area contributed by atoms with Gasteiger partial charge in [-0.15, -0.1) is 0 Å². The maximum absolute atomic E-state index is 13.0. The fraction of sp³-hybridized carbons (Fsp3) is 0.143. The predicted octanol–water partition coefficient (Wildman–Crippen LogP) is 2.33. The number of rotatable bonds is 5. The fourth-order valence-electron chi connectivity index (χ4n) is 1.59. The van der Waals surface area contributed by atoms with Gasteiger partial charge in [-0.2, -0.15) is 0 Å². The van der Waals surface area contributed by atoms with Crippen molar-refractivity contribution in [2.45, 2.75) is 6.54 Å². The maximum atomic E-state index is 13.0. The average molecular weight is 262 g/mol. The number of carbonyl (C=O) groups excluding carboxylic acids is 1. The molecule has 0 amide bonds. The van der Waals surface area contributed by atoms with Crippen molar-refractivity contribution in [1.29, 1.82) is 0 Å². The first-order chi connectivity index (χ1) is 9.16. The van der Waals surface area contributed by atoms with E-state index in [1.165, 1.54) is 6.07 Å². The van der Waals surface area contributed by atoms with Crippen LogP contribution in [-0.2, 0) is 6.54 Å². The minimum atomic E-state index is -1.02. The monoisotopic (exact) mass is 262 g/mol. The summed E-state index contributed by atoms with van der Waals surface area (Å²) in [5, 5.41) is 2.93. The number of Topliss-reactive ketones (excluding diaryl/α,β-unsaturated/α-hetero) is 1. The van der Waals surface area contributed by atoms with Gasteiger partial charge >= 0.3 is 0 Å². The molecule has 0 fully saturated rings. The van der Waals surface area contributed by atoms with Crippen LogP contribution in [0.25, 0.3) is 0 Å². The first kappa shape index (κ1) is 13.3. The van der Waals surface area contributed by atoms with E-state index in [4.69, 9.17) is 0 Å². The number of carbonyl (C=O) groups is 1. The molecule has 1 N–H and O–H groups in total. The highest BCUT2D eigenvalue weighted by Gasteiger charge is 2.09. The Morgan fingerprint density at radius 3 is 2.74 bits per heavy atom. The van der Waals surface area contributed by atoms with Gasteiger partial charge in [0.15, 0.2) is 17.4 Å². The van der Waals surface area contributed by atoms with Gasteiger partial charge < -0.3 is 5.32 Å². The topological polar surface area (TPSA) is 42.0 Å². The van der Waals surface area contributed by atoms with E-state index in [2.05, 4.69) is 10.3 Å². The van der Waals surface area contributed by atoms with Crippen LogP contribution in [0.1, 0.15) is 15.9 Å². The Balaban J connectivity index is 1.89. The Labute approximate surface area is 109 Å². The lowest BCUT2D eigenvalue weighted by molar-refractivity contribution is 0.0990. The third-order valence-corrected chi connectivity index (χ3v) is 2.58. The van der Waals surface area contributed by atoms with Gasteiger partial charge in [-0.1, -0.05) is 6.07 Å². The second-order valence-corrected chi connectivity index (χ2v) is 4.02. The lowest BCUT2D eigenvalue weighted by Gasteiger charge is -2.04. The molecule has 0 saturated heterocycles. The second-order valence-electron chi connectivity index (χ2n) is 4.02. The van der Waals surface area contributed by atoms with Gasteiger partial charge in [0, 0.05) is 24.5 Å². The first-order valence-electron chi connectivity index (χ1n) is 5.74. The van der Waals surface area contributed by atoms with Crippen LogP contribution in [0.3, 0.4) is 0 Å². The largest absolute Gasteiger partial charge is 0.306 e. The highest BCUT2D eigenvalue weighted by atomic mass is 19.2. The summed E-state index contributed by atoms with van der Waals surface area (Å²) < 4.78 is 25.7. The number of benzene rings is 1. The molecule has 0 atom stereocenters. The van der Waals surface area contributed by atoms with Crippen molar-refractivity contribution >= 4 is 5.78 Å². The van der Waals surface area contributed by atoms with Crippen molar-refractivity contribution in [1.82, 2.24) is 10.3 Å². The first-order valence-corrected chi connectivity index (χ1v) is 5.74. The highest BCUT2D eigenvalue weighted by Crippen LogP contribution is 2.09. The quantitative estimate of drug-likeness (QED) is 0.841. The van der Waals surface area contributed by atoms with E-state index in [1.54, 1.807) is 18.5 Å². The highest BCUT2D eigenvalue weighted by molar-refractivity contribution is 5.97. The molecule has 0 unspecified atom stereocenters. The number of hydrogen-bond donors (Lipinski definition) is 1. The molecule has 2 aromatic rings. The Kier molecular flexibility index (Phi) is 4.30. The number of aromatic nitrogens is 1. The molecule has 1 aromatic heterocycles. The normalized spacial score (nSPS) is 10.4. The third kappa shape index (κ3) is 3.66. The van der Waals surface area contributed by atoms with Gasteiger partial charge in [0.1, 0.15) is 0 Å². The lowest BCUT2D eigenvalue weighted by Crippen LogP contribution is -2.22. The molecule has 0 aliphatic carbocycles. The molecule has 3 nitrogen and oxygen atoms in total. The van der Waals surface area contributed by atoms with Crippen molar-refractivity contribution in [3.63, 3.8) is 0 Å².